The lowest BCUT2D eigenvalue weighted by molar-refractivity contribution is 0.354. The van der Waals surface area contributed by atoms with Gasteiger partial charge in [0.15, 0.2) is 17.3 Å². The lowest BCUT2D eigenvalue weighted by Gasteiger charge is -2.11. The molecule has 0 aliphatic carbocycles. The molecule has 0 radical (unpaired) electrons. The van der Waals surface area contributed by atoms with Crippen LogP contribution in [0.15, 0.2) is 42.6 Å². The Labute approximate surface area is 158 Å². The van der Waals surface area contributed by atoms with Crippen LogP contribution in [0.5, 0.6) is 11.5 Å². The Kier molecular flexibility index (Phi) is 5.71. The molecule has 0 fully saturated rings. The molecule has 3 rings (SSSR count). The number of nitrogens with zero attached hydrogens (tertiary/aromatic N) is 3. The van der Waals surface area contributed by atoms with Crippen molar-refractivity contribution in [3.05, 3.63) is 59.3 Å². The van der Waals surface area contributed by atoms with Crippen LogP contribution in [0.25, 0.3) is 0 Å². The van der Waals surface area contributed by atoms with Crippen LogP contribution in [0.3, 0.4) is 0 Å². The van der Waals surface area contributed by atoms with Crippen LogP contribution in [0.2, 0.25) is 0 Å². The van der Waals surface area contributed by atoms with E-state index in [2.05, 4.69) is 51.8 Å². The average Bonchev–Trinajstić information content (AvgIpc) is 2.69. The first kappa shape index (κ1) is 18.4. The maximum Gasteiger partial charge on any atom is 0.244 e. The number of hydrogen-bond donors (Lipinski definition) is 2. The van der Waals surface area contributed by atoms with Crippen molar-refractivity contribution in [2.24, 2.45) is 0 Å². The number of ether oxygens (including phenoxy) is 2. The van der Waals surface area contributed by atoms with Gasteiger partial charge in [0.05, 0.1) is 20.4 Å². The molecule has 1 aromatic heterocycles. The van der Waals surface area contributed by atoms with Gasteiger partial charge in [0.2, 0.25) is 5.95 Å². The van der Waals surface area contributed by atoms with E-state index in [0.717, 1.165) is 11.3 Å². The summed E-state index contributed by atoms with van der Waals surface area (Å²) in [5.74, 6) is 2.45. The Morgan fingerprint density at radius 2 is 1.74 bits per heavy atom. The van der Waals surface area contributed by atoms with E-state index in [1.165, 1.54) is 11.1 Å². The van der Waals surface area contributed by atoms with Crippen LogP contribution >= 0.6 is 0 Å². The lowest BCUT2D eigenvalue weighted by atomic mass is 10.1. The lowest BCUT2D eigenvalue weighted by Crippen LogP contribution is -2.06. The zero-order chi connectivity index (χ0) is 19.2. The van der Waals surface area contributed by atoms with Crippen molar-refractivity contribution in [1.82, 2.24) is 15.2 Å². The number of anilines is 3. The minimum atomic E-state index is 0.443. The molecule has 0 spiro atoms. The van der Waals surface area contributed by atoms with Gasteiger partial charge in [-0.2, -0.15) is 10.1 Å². The zero-order valence-corrected chi connectivity index (χ0v) is 15.9. The minimum absolute atomic E-state index is 0.443. The number of hydrogen-bond acceptors (Lipinski definition) is 7. The minimum Gasteiger partial charge on any atom is -0.493 e. The van der Waals surface area contributed by atoms with E-state index in [-0.39, 0.29) is 0 Å². The van der Waals surface area contributed by atoms with E-state index in [4.69, 9.17) is 9.47 Å². The maximum atomic E-state index is 5.33. The third-order valence-corrected chi connectivity index (χ3v) is 4.24. The van der Waals surface area contributed by atoms with Gasteiger partial charge in [-0.1, -0.05) is 12.1 Å². The average molecular weight is 365 g/mol. The summed E-state index contributed by atoms with van der Waals surface area (Å²) in [5, 5.41) is 14.5. The molecule has 0 atom stereocenters. The van der Waals surface area contributed by atoms with E-state index >= 15 is 0 Å². The van der Waals surface area contributed by atoms with Gasteiger partial charge in [0, 0.05) is 12.2 Å². The monoisotopic (exact) mass is 365 g/mol. The molecule has 3 aromatic rings. The van der Waals surface area contributed by atoms with Gasteiger partial charge in [0.25, 0.3) is 0 Å². The zero-order valence-electron chi connectivity index (χ0n) is 15.9. The topological polar surface area (TPSA) is 81.2 Å². The quantitative estimate of drug-likeness (QED) is 0.658. The Morgan fingerprint density at radius 1 is 0.926 bits per heavy atom. The number of aryl methyl sites for hydroxylation is 2. The first-order valence-electron chi connectivity index (χ1n) is 8.58. The molecule has 0 amide bonds. The standard InChI is InChI=1S/C20H23N5O2/c1-13-5-7-16(9-14(13)2)23-19-12-22-25-20(24-19)21-11-15-6-8-17(26-3)18(10-15)27-4/h5-10,12H,11H2,1-4H3,(H2,21,23,24,25). The molecule has 2 aromatic carbocycles. The Bertz CT molecular complexity index is 930. The number of aromatic nitrogens is 3. The van der Waals surface area contributed by atoms with Crippen LogP contribution in [-0.4, -0.2) is 29.4 Å². The second-order valence-electron chi connectivity index (χ2n) is 6.13. The fraction of sp³-hybridized carbons (Fsp3) is 0.250. The van der Waals surface area contributed by atoms with Crippen molar-refractivity contribution >= 4 is 17.5 Å². The van der Waals surface area contributed by atoms with E-state index in [1.807, 2.05) is 24.3 Å². The summed E-state index contributed by atoms with van der Waals surface area (Å²) >= 11 is 0. The molecule has 0 saturated heterocycles. The molecule has 7 nitrogen and oxygen atoms in total. The van der Waals surface area contributed by atoms with Crippen molar-refractivity contribution < 1.29 is 9.47 Å². The third-order valence-electron chi connectivity index (χ3n) is 4.24. The highest BCUT2D eigenvalue weighted by molar-refractivity contribution is 5.58. The molecule has 7 heteroatoms. The van der Waals surface area contributed by atoms with E-state index in [9.17, 15) is 0 Å². The van der Waals surface area contributed by atoms with Gasteiger partial charge in [-0.05, 0) is 54.8 Å². The molecular weight excluding hydrogens is 342 g/mol. The summed E-state index contributed by atoms with van der Waals surface area (Å²) < 4.78 is 10.6. The van der Waals surface area contributed by atoms with Crippen molar-refractivity contribution in [1.29, 1.82) is 0 Å². The Balaban J connectivity index is 1.68. The van der Waals surface area contributed by atoms with Gasteiger partial charge in [-0.3, -0.25) is 0 Å². The molecule has 2 N–H and O–H groups in total. The largest absolute Gasteiger partial charge is 0.493 e. The summed E-state index contributed by atoms with van der Waals surface area (Å²) in [7, 11) is 3.23. The summed E-state index contributed by atoms with van der Waals surface area (Å²) in [5.41, 5.74) is 4.45. The molecule has 0 bridgehead atoms. The van der Waals surface area contributed by atoms with E-state index in [0.29, 0.717) is 29.8 Å². The highest BCUT2D eigenvalue weighted by Gasteiger charge is 2.06. The predicted molar refractivity (Wildman–Crippen MR) is 106 cm³/mol. The number of methoxy groups -OCH3 is 2. The van der Waals surface area contributed by atoms with Crippen molar-refractivity contribution in [2.45, 2.75) is 20.4 Å². The molecular formula is C20H23N5O2. The third kappa shape index (κ3) is 4.63. The molecule has 140 valence electrons. The van der Waals surface area contributed by atoms with E-state index in [1.54, 1.807) is 20.4 Å². The fourth-order valence-corrected chi connectivity index (χ4v) is 2.58. The summed E-state index contributed by atoms with van der Waals surface area (Å²) in [6.07, 6.45) is 1.59. The SMILES string of the molecule is COc1ccc(CNc2nncc(Nc3ccc(C)c(C)c3)n2)cc1OC. The Morgan fingerprint density at radius 3 is 2.48 bits per heavy atom. The molecule has 0 saturated carbocycles. The molecule has 0 unspecified atom stereocenters. The van der Waals surface area contributed by atoms with Gasteiger partial charge >= 0.3 is 0 Å². The maximum absolute atomic E-state index is 5.33. The van der Waals surface area contributed by atoms with E-state index < -0.39 is 0 Å². The molecule has 27 heavy (non-hydrogen) atoms. The first-order valence-corrected chi connectivity index (χ1v) is 8.58. The van der Waals surface area contributed by atoms with Crippen LogP contribution in [0.4, 0.5) is 17.5 Å². The molecule has 0 aliphatic rings. The van der Waals surface area contributed by atoms with Crippen LogP contribution in [0, 0.1) is 13.8 Å². The second-order valence-corrected chi connectivity index (χ2v) is 6.13. The van der Waals surface area contributed by atoms with Crippen LogP contribution < -0.4 is 20.1 Å². The van der Waals surface area contributed by atoms with Crippen molar-refractivity contribution in [3.63, 3.8) is 0 Å². The summed E-state index contributed by atoms with van der Waals surface area (Å²) in [6, 6.07) is 11.9. The number of nitrogens with one attached hydrogen (secondary N) is 2. The van der Waals surface area contributed by atoms with Gasteiger partial charge in [-0.15, -0.1) is 5.10 Å². The highest BCUT2D eigenvalue weighted by Crippen LogP contribution is 2.27. The second kappa shape index (κ2) is 8.35. The first-order chi connectivity index (χ1) is 13.1. The van der Waals surface area contributed by atoms with Gasteiger partial charge in [0.1, 0.15) is 0 Å². The summed E-state index contributed by atoms with van der Waals surface area (Å²) in [6.45, 7) is 4.70. The highest BCUT2D eigenvalue weighted by atomic mass is 16.5. The molecule has 0 aliphatic heterocycles. The van der Waals surface area contributed by atoms with Crippen molar-refractivity contribution in [2.75, 3.05) is 24.9 Å². The smallest absolute Gasteiger partial charge is 0.244 e. The van der Waals surface area contributed by atoms with Crippen LogP contribution in [-0.2, 0) is 6.54 Å². The van der Waals surface area contributed by atoms with Crippen LogP contribution in [0.1, 0.15) is 16.7 Å². The van der Waals surface area contributed by atoms with Crippen molar-refractivity contribution in [3.8, 4) is 11.5 Å². The van der Waals surface area contributed by atoms with Gasteiger partial charge < -0.3 is 20.1 Å². The number of benzene rings is 2. The predicted octanol–water partition coefficient (Wildman–Crippen LogP) is 3.86. The fourth-order valence-electron chi connectivity index (χ4n) is 2.58. The number of rotatable bonds is 7. The van der Waals surface area contributed by atoms with Gasteiger partial charge in [-0.25, -0.2) is 0 Å². The summed E-state index contributed by atoms with van der Waals surface area (Å²) in [4.78, 5) is 4.46. The molecule has 1 heterocycles. The normalized spacial score (nSPS) is 10.4. The Hall–Kier alpha value is -3.35.